The number of hydrogen-bond donors (Lipinski definition) is 0. The van der Waals surface area contributed by atoms with Gasteiger partial charge in [-0.25, -0.2) is 4.98 Å². The highest BCUT2D eigenvalue weighted by molar-refractivity contribution is 7.11. The zero-order valence-electron chi connectivity index (χ0n) is 13.1. The number of alkyl halides is 3. The molecule has 1 aromatic heterocycles. The van der Waals surface area contributed by atoms with Gasteiger partial charge in [-0.3, -0.25) is 0 Å². The molecule has 22 heavy (non-hydrogen) atoms. The summed E-state index contributed by atoms with van der Waals surface area (Å²) in [6, 6.07) is 5.82. The fourth-order valence-electron chi connectivity index (χ4n) is 1.77. The van der Waals surface area contributed by atoms with Crippen molar-refractivity contribution in [2.75, 3.05) is 0 Å². The summed E-state index contributed by atoms with van der Waals surface area (Å²) in [7, 11) is 0. The van der Waals surface area contributed by atoms with E-state index < -0.39 is 11.2 Å². The summed E-state index contributed by atoms with van der Waals surface area (Å²) >= 11 is 0.612. The number of aryl methyl sites for hydroxylation is 2. The van der Waals surface area contributed by atoms with Gasteiger partial charge in [0.15, 0.2) is 5.01 Å². The zero-order chi connectivity index (χ0) is 16.8. The third-order valence-corrected chi connectivity index (χ3v) is 3.71. The van der Waals surface area contributed by atoms with E-state index in [1.807, 2.05) is 39.8 Å². The maximum atomic E-state index is 12.4. The molecule has 0 fully saturated rings. The first-order valence-electron chi connectivity index (χ1n) is 7.13. The molecule has 0 bridgehead atoms. The minimum absolute atomic E-state index is 0.0976. The summed E-state index contributed by atoms with van der Waals surface area (Å²) in [4.78, 5) is 3.82. The molecule has 2 rings (SSSR count). The molecule has 0 aliphatic carbocycles. The molecule has 2 nitrogen and oxygen atoms in total. The van der Waals surface area contributed by atoms with Crippen LogP contribution >= 0.6 is 11.3 Å². The van der Waals surface area contributed by atoms with Gasteiger partial charge in [0, 0.05) is 6.20 Å². The molecule has 0 N–H and O–H groups in total. The fourth-order valence-corrected chi connectivity index (χ4v) is 2.46. The molecule has 0 amide bonds. The smallest absolute Gasteiger partial charge is 0.443 e. The first-order valence-corrected chi connectivity index (χ1v) is 7.95. The third kappa shape index (κ3) is 5.33. The van der Waals surface area contributed by atoms with Gasteiger partial charge in [0.2, 0.25) is 0 Å². The Hall–Kier alpha value is -1.56. The lowest BCUT2D eigenvalue weighted by atomic mass is 10.1. The second kappa shape index (κ2) is 8.17. The topological polar surface area (TPSA) is 22.1 Å². The molecular formula is C16H20F3NOS. The van der Waals surface area contributed by atoms with Crippen LogP contribution in [0.5, 0.6) is 5.75 Å². The Morgan fingerprint density at radius 2 is 1.86 bits per heavy atom. The van der Waals surface area contributed by atoms with Crippen LogP contribution in [0, 0.1) is 6.92 Å². The fraction of sp³-hybridized carbons (Fsp3) is 0.438. The van der Waals surface area contributed by atoms with Gasteiger partial charge in [-0.15, -0.1) is 11.3 Å². The zero-order valence-corrected chi connectivity index (χ0v) is 13.9. The second-order valence-electron chi connectivity index (χ2n) is 4.43. The third-order valence-electron chi connectivity index (χ3n) is 2.70. The highest BCUT2D eigenvalue weighted by Gasteiger charge is 2.34. The van der Waals surface area contributed by atoms with Crippen molar-refractivity contribution in [3.05, 3.63) is 45.4 Å². The Balaban J connectivity index is 0.00000116. The molecule has 122 valence electrons. The van der Waals surface area contributed by atoms with E-state index in [1.54, 1.807) is 0 Å². The Morgan fingerprint density at radius 1 is 1.18 bits per heavy atom. The SMILES string of the molecule is CC.CCc1cc(C)cc(OCc2cnc(C(F)(F)F)s2)c1. The molecule has 0 aliphatic rings. The van der Waals surface area contributed by atoms with Gasteiger partial charge in [0.1, 0.15) is 12.4 Å². The van der Waals surface area contributed by atoms with Crippen molar-refractivity contribution < 1.29 is 17.9 Å². The summed E-state index contributed by atoms with van der Waals surface area (Å²) in [6.07, 6.45) is -2.29. The van der Waals surface area contributed by atoms with Gasteiger partial charge in [-0.1, -0.05) is 26.8 Å². The number of halogens is 3. The van der Waals surface area contributed by atoms with Gasteiger partial charge >= 0.3 is 6.18 Å². The van der Waals surface area contributed by atoms with Crippen molar-refractivity contribution in [1.29, 1.82) is 0 Å². The first-order chi connectivity index (χ1) is 10.4. The summed E-state index contributed by atoms with van der Waals surface area (Å²) in [5.41, 5.74) is 2.21. The highest BCUT2D eigenvalue weighted by atomic mass is 32.1. The molecule has 6 heteroatoms. The maximum absolute atomic E-state index is 12.4. The number of rotatable bonds is 4. The minimum atomic E-state index is -4.39. The first kappa shape index (κ1) is 18.5. The van der Waals surface area contributed by atoms with Crippen molar-refractivity contribution in [2.24, 2.45) is 0 Å². The van der Waals surface area contributed by atoms with Gasteiger partial charge in [-0.05, 0) is 36.6 Å². The highest BCUT2D eigenvalue weighted by Crippen LogP contribution is 2.32. The number of thiazole rings is 1. The molecule has 1 aromatic carbocycles. The van der Waals surface area contributed by atoms with Crippen molar-refractivity contribution >= 4 is 11.3 Å². The number of hydrogen-bond acceptors (Lipinski definition) is 3. The standard InChI is InChI=1S/C14H14F3NOS.C2H6/c1-3-10-4-9(2)5-11(6-10)19-8-12-7-18-13(20-12)14(15,16)17;1-2/h4-7H,3,8H2,1-2H3;1-2H3. The lowest BCUT2D eigenvalue weighted by Crippen LogP contribution is -2.02. The normalized spacial score (nSPS) is 10.9. The molecule has 0 radical (unpaired) electrons. The summed E-state index contributed by atoms with van der Waals surface area (Å²) < 4.78 is 42.8. The van der Waals surface area contributed by atoms with E-state index in [0.717, 1.165) is 17.5 Å². The van der Waals surface area contributed by atoms with Gasteiger partial charge in [-0.2, -0.15) is 13.2 Å². The van der Waals surface area contributed by atoms with E-state index in [-0.39, 0.29) is 6.61 Å². The predicted octanol–water partition coefficient (Wildman–Crippen LogP) is 5.64. The number of nitrogens with zero attached hydrogens (tertiary/aromatic N) is 1. The Morgan fingerprint density at radius 3 is 2.41 bits per heavy atom. The average Bonchev–Trinajstić information content (AvgIpc) is 2.95. The molecular weight excluding hydrogens is 311 g/mol. The molecule has 2 aromatic rings. The van der Waals surface area contributed by atoms with Crippen LogP contribution in [0.2, 0.25) is 0 Å². The Bertz CT molecular complexity index is 593. The molecule has 0 atom stereocenters. The molecule has 0 saturated heterocycles. The van der Waals surface area contributed by atoms with E-state index in [4.69, 9.17) is 4.74 Å². The maximum Gasteiger partial charge on any atom is 0.443 e. The van der Waals surface area contributed by atoms with E-state index in [1.165, 1.54) is 6.20 Å². The van der Waals surface area contributed by atoms with E-state index in [2.05, 4.69) is 11.1 Å². The van der Waals surface area contributed by atoms with Crippen LogP contribution in [-0.2, 0) is 19.2 Å². The van der Waals surface area contributed by atoms with Crippen LogP contribution in [0.1, 0.15) is 41.8 Å². The minimum Gasteiger partial charge on any atom is -0.488 e. The van der Waals surface area contributed by atoms with Gasteiger partial charge in [0.25, 0.3) is 0 Å². The van der Waals surface area contributed by atoms with Crippen molar-refractivity contribution in [2.45, 2.75) is 46.9 Å². The van der Waals surface area contributed by atoms with E-state index in [0.29, 0.717) is 22.0 Å². The second-order valence-corrected chi connectivity index (χ2v) is 5.54. The molecule has 0 unspecified atom stereocenters. The molecule has 0 saturated carbocycles. The van der Waals surface area contributed by atoms with Crippen molar-refractivity contribution in [1.82, 2.24) is 4.98 Å². The Kier molecular flexibility index (Phi) is 6.87. The van der Waals surface area contributed by atoms with Crippen LogP contribution in [0.3, 0.4) is 0 Å². The summed E-state index contributed by atoms with van der Waals surface area (Å²) in [5, 5.41) is -0.838. The summed E-state index contributed by atoms with van der Waals surface area (Å²) in [5.74, 6) is 0.670. The quantitative estimate of drug-likeness (QED) is 0.723. The van der Waals surface area contributed by atoms with E-state index >= 15 is 0 Å². The molecule has 0 spiro atoms. The number of aromatic nitrogens is 1. The van der Waals surface area contributed by atoms with E-state index in [9.17, 15) is 13.2 Å². The lowest BCUT2D eigenvalue weighted by molar-refractivity contribution is -0.137. The largest absolute Gasteiger partial charge is 0.488 e. The predicted molar refractivity (Wildman–Crippen MR) is 83.4 cm³/mol. The van der Waals surface area contributed by atoms with Crippen molar-refractivity contribution in [3.8, 4) is 5.75 Å². The average molecular weight is 331 g/mol. The summed E-state index contributed by atoms with van der Waals surface area (Å²) in [6.45, 7) is 8.10. The van der Waals surface area contributed by atoms with Crippen LogP contribution in [0.25, 0.3) is 0 Å². The van der Waals surface area contributed by atoms with Crippen LogP contribution in [0.4, 0.5) is 13.2 Å². The van der Waals surface area contributed by atoms with Crippen LogP contribution in [0.15, 0.2) is 24.4 Å². The lowest BCUT2D eigenvalue weighted by Gasteiger charge is -2.07. The van der Waals surface area contributed by atoms with Crippen LogP contribution in [-0.4, -0.2) is 4.98 Å². The van der Waals surface area contributed by atoms with Crippen molar-refractivity contribution in [3.63, 3.8) is 0 Å². The monoisotopic (exact) mass is 331 g/mol. The Labute approximate surface area is 133 Å². The number of benzene rings is 1. The van der Waals surface area contributed by atoms with Gasteiger partial charge < -0.3 is 4.74 Å². The van der Waals surface area contributed by atoms with Gasteiger partial charge in [0.05, 0.1) is 4.88 Å². The molecule has 1 heterocycles. The molecule has 0 aliphatic heterocycles. The number of ether oxygens (including phenoxy) is 1. The van der Waals surface area contributed by atoms with Crippen LogP contribution < -0.4 is 4.74 Å².